The Hall–Kier alpha value is -3.50. The van der Waals surface area contributed by atoms with E-state index in [1.165, 1.54) is 0 Å². The summed E-state index contributed by atoms with van der Waals surface area (Å²) in [6.45, 7) is 4.36. The largest absolute Gasteiger partial charge is 0.376 e. The number of amides is 1. The Morgan fingerprint density at radius 2 is 1.97 bits per heavy atom. The number of nitriles is 1. The Labute approximate surface area is 193 Å². The molecule has 0 aliphatic carbocycles. The summed E-state index contributed by atoms with van der Waals surface area (Å²) >= 11 is 0. The molecule has 0 radical (unpaired) electrons. The van der Waals surface area contributed by atoms with Gasteiger partial charge in [-0.1, -0.05) is 18.2 Å². The van der Waals surface area contributed by atoms with Crippen molar-refractivity contribution in [2.75, 3.05) is 24.6 Å². The summed E-state index contributed by atoms with van der Waals surface area (Å²) in [7, 11) is 0. The van der Waals surface area contributed by atoms with Crippen LogP contribution in [0.1, 0.15) is 36.0 Å². The quantitative estimate of drug-likeness (QED) is 0.544. The zero-order chi connectivity index (χ0) is 22.8. The van der Waals surface area contributed by atoms with Crippen LogP contribution < -0.4 is 4.90 Å². The van der Waals surface area contributed by atoms with Gasteiger partial charge in [0.05, 0.1) is 30.7 Å². The minimum atomic E-state index is 0.148. The third-order valence-corrected chi connectivity index (χ3v) is 6.76. The predicted molar refractivity (Wildman–Crippen MR) is 126 cm³/mol. The van der Waals surface area contributed by atoms with Gasteiger partial charge in [0.15, 0.2) is 0 Å². The van der Waals surface area contributed by atoms with E-state index in [9.17, 15) is 4.79 Å². The van der Waals surface area contributed by atoms with E-state index in [0.29, 0.717) is 38.3 Å². The van der Waals surface area contributed by atoms with Crippen LogP contribution >= 0.6 is 0 Å². The topological polar surface area (TPSA) is 82.4 Å². The van der Waals surface area contributed by atoms with Gasteiger partial charge in [0, 0.05) is 43.0 Å². The minimum absolute atomic E-state index is 0.148. The summed E-state index contributed by atoms with van der Waals surface area (Å²) < 4.78 is 5.89. The molecule has 5 rings (SSSR count). The number of carbonyl (C=O) groups is 1. The third kappa shape index (κ3) is 4.27. The fourth-order valence-electron chi connectivity index (χ4n) is 5.08. The lowest BCUT2D eigenvalue weighted by molar-refractivity contribution is -0.133. The van der Waals surface area contributed by atoms with Gasteiger partial charge in [-0.2, -0.15) is 5.26 Å². The number of fused-ring (bicyclic) bond motifs is 3. The molecule has 0 saturated carbocycles. The van der Waals surface area contributed by atoms with E-state index in [2.05, 4.69) is 46.1 Å². The van der Waals surface area contributed by atoms with Crippen molar-refractivity contribution in [1.29, 1.82) is 5.26 Å². The standard InChI is InChI=1S/C26H27N5O2/c1-18-4-6-20(23-3-2-11-28-26(18)23)17-33-12-10-25(32)30-15-21-7-8-22(16-30)31(21)24-9-5-19(13-27)14-29-24/h2-6,9,11,14,21-22H,7-8,10,12,15-17H2,1H3. The first-order valence-electron chi connectivity index (χ1n) is 11.5. The highest BCUT2D eigenvalue weighted by Crippen LogP contribution is 2.34. The van der Waals surface area contributed by atoms with Gasteiger partial charge in [-0.05, 0) is 49.1 Å². The second kappa shape index (κ2) is 9.16. The lowest BCUT2D eigenvalue weighted by Crippen LogP contribution is -2.55. The first kappa shape index (κ1) is 21.4. The number of rotatable bonds is 6. The minimum Gasteiger partial charge on any atom is -0.376 e. The van der Waals surface area contributed by atoms with Crippen molar-refractivity contribution in [2.45, 2.75) is 44.9 Å². The maximum Gasteiger partial charge on any atom is 0.225 e. The number of hydrogen-bond donors (Lipinski definition) is 0. The average molecular weight is 442 g/mol. The second-order valence-corrected chi connectivity index (χ2v) is 8.85. The normalized spacial score (nSPS) is 19.6. The first-order valence-corrected chi connectivity index (χ1v) is 11.5. The zero-order valence-electron chi connectivity index (χ0n) is 18.8. The van der Waals surface area contributed by atoms with E-state index in [-0.39, 0.29) is 18.0 Å². The summed E-state index contributed by atoms with van der Waals surface area (Å²) in [4.78, 5) is 26.1. The Kier molecular flexibility index (Phi) is 5.93. The van der Waals surface area contributed by atoms with Gasteiger partial charge in [0.1, 0.15) is 11.9 Å². The highest BCUT2D eigenvalue weighted by Gasteiger charge is 2.41. The molecule has 2 atom stereocenters. The van der Waals surface area contributed by atoms with Crippen LogP contribution in [0.3, 0.4) is 0 Å². The van der Waals surface area contributed by atoms with Crippen molar-refractivity contribution in [2.24, 2.45) is 0 Å². The van der Waals surface area contributed by atoms with Gasteiger partial charge in [-0.25, -0.2) is 4.98 Å². The van der Waals surface area contributed by atoms with Crippen LogP contribution in [0.15, 0.2) is 48.8 Å². The molecule has 1 aromatic carbocycles. The number of nitrogens with zero attached hydrogens (tertiary/aromatic N) is 5. The molecule has 4 heterocycles. The molecule has 2 fully saturated rings. The lowest BCUT2D eigenvalue weighted by atomic mass is 10.1. The molecule has 7 heteroatoms. The molecular weight excluding hydrogens is 414 g/mol. The van der Waals surface area contributed by atoms with E-state index < -0.39 is 0 Å². The highest BCUT2D eigenvalue weighted by atomic mass is 16.5. The average Bonchev–Trinajstić information content (AvgIpc) is 3.11. The van der Waals surface area contributed by atoms with Crippen molar-refractivity contribution < 1.29 is 9.53 Å². The molecule has 7 nitrogen and oxygen atoms in total. The van der Waals surface area contributed by atoms with E-state index in [1.807, 2.05) is 29.3 Å². The van der Waals surface area contributed by atoms with Gasteiger partial charge in [0.25, 0.3) is 0 Å². The summed E-state index contributed by atoms with van der Waals surface area (Å²) in [6, 6.07) is 14.5. The van der Waals surface area contributed by atoms with Crippen LogP contribution in [-0.2, 0) is 16.1 Å². The number of pyridine rings is 2. The fraction of sp³-hybridized carbons (Fsp3) is 0.385. The van der Waals surface area contributed by atoms with E-state index in [0.717, 1.165) is 40.7 Å². The maximum absolute atomic E-state index is 12.9. The summed E-state index contributed by atoms with van der Waals surface area (Å²) in [5.74, 6) is 1.05. The number of carbonyl (C=O) groups excluding carboxylic acids is 1. The van der Waals surface area contributed by atoms with Crippen LogP contribution in [-0.4, -0.2) is 52.6 Å². The van der Waals surface area contributed by atoms with Crippen molar-refractivity contribution in [3.05, 3.63) is 65.5 Å². The van der Waals surface area contributed by atoms with Crippen LogP contribution in [0.4, 0.5) is 5.82 Å². The van der Waals surface area contributed by atoms with Gasteiger partial charge < -0.3 is 14.5 Å². The van der Waals surface area contributed by atoms with E-state index in [4.69, 9.17) is 10.00 Å². The number of anilines is 1. The lowest BCUT2D eigenvalue weighted by Gasteiger charge is -2.41. The van der Waals surface area contributed by atoms with Gasteiger partial charge in [-0.15, -0.1) is 0 Å². The van der Waals surface area contributed by atoms with Crippen molar-refractivity contribution in [3.8, 4) is 6.07 Å². The van der Waals surface area contributed by atoms with Crippen molar-refractivity contribution in [1.82, 2.24) is 14.9 Å². The zero-order valence-corrected chi connectivity index (χ0v) is 18.8. The number of likely N-dealkylation sites (tertiary alicyclic amines) is 1. The van der Waals surface area contributed by atoms with Crippen LogP contribution in [0.25, 0.3) is 10.9 Å². The van der Waals surface area contributed by atoms with E-state index in [1.54, 1.807) is 6.20 Å². The summed E-state index contributed by atoms with van der Waals surface area (Å²) in [5.41, 5.74) is 3.81. The van der Waals surface area contributed by atoms with Crippen molar-refractivity contribution in [3.63, 3.8) is 0 Å². The smallest absolute Gasteiger partial charge is 0.225 e. The molecule has 168 valence electrons. The van der Waals surface area contributed by atoms with Gasteiger partial charge in [-0.3, -0.25) is 9.78 Å². The number of aromatic nitrogens is 2. The molecule has 2 aliphatic heterocycles. The SMILES string of the molecule is Cc1ccc(COCCC(=O)N2CC3CCC(C2)N3c2ccc(C#N)cn2)c2cccnc12. The van der Waals surface area contributed by atoms with Crippen LogP contribution in [0.5, 0.6) is 0 Å². The van der Waals surface area contributed by atoms with Crippen LogP contribution in [0, 0.1) is 18.3 Å². The third-order valence-electron chi connectivity index (χ3n) is 6.76. The van der Waals surface area contributed by atoms with Crippen molar-refractivity contribution >= 4 is 22.6 Å². The molecule has 2 unspecified atom stereocenters. The number of hydrogen-bond acceptors (Lipinski definition) is 6. The molecule has 2 aromatic heterocycles. The van der Waals surface area contributed by atoms with Crippen LogP contribution in [0.2, 0.25) is 0 Å². The molecule has 2 saturated heterocycles. The molecule has 0 N–H and O–H groups in total. The molecule has 2 bridgehead atoms. The molecule has 3 aromatic rings. The number of ether oxygens (including phenoxy) is 1. The monoisotopic (exact) mass is 441 g/mol. The Morgan fingerprint density at radius 1 is 1.15 bits per heavy atom. The van der Waals surface area contributed by atoms with Gasteiger partial charge >= 0.3 is 0 Å². The number of piperazine rings is 1. The maximum atomic E-state index is 12.9. The van der Waals surface area contributed by atoms with Gasteiger partial charge in [0.2, 0.25) is 5.91 Å². The first-order chi connectivity index (χ1) is 16.1. The second-order valence-electron chi connectivity index (χ2n) is 8.85. The Balaban J connectivity index is 1.15. The molecule has 1 amide bonds. The highest BCUT2D eigenvalue weighted by molar-refractivity contribution is 5.84. The summed E-state index contributed by atoms with van der Waals surface area (Å²) in [6.07, 6.45) is 5.93. The predicted octanol–water partition coefficient (Wildman–Crippen LogP) is 3.60. The Bertz CT molecular complexity index is 1190. The fourth-order valence-corrected chi connectivity index (χ4v) is 5.08. The molecule has 0 spiro atoms. The summed E-state index contributed by atoms with van der Waals surface area (Å²) in [5, 5.41) is 10.1. The Morgan fingerprint density at radius 3 is 2.70 bits per heavy atom. The molecular formula is C26H27N5O2. The van der Waals surface area contributed by atoms with E-state index >= 15 is 0 Å². The number of aryl methyl sites for hydroxylation is 1. The molecule has 2 aliphatic rings. The number of benzene rings is 1. The molecule has 33 heavy (non-hydrogen) atoms.